The molecular weight excluding hydrogens is 382 g/mol. The summed E-state index contributed by atoms with van der Waals surface area (Å²) in [6, 6.07) is 21.2. The van der Waals surface area contributed by atoms with E-state index in [1.165, 1.54) is 11.1 Å². The molecule has 1 N–H and O–H groups in total. The first-order valence-corrected chi connectivity index (χ1v) is 10.2. The molecule has 3 aromatic carbocycles. The molecule has 0 aliphatic carbocycles. The van der Waals surface area contributed by atoms with Crippen molar-refractivity contribution in [3.63, 3.8) is 0 Å². The van der Waals surface area contributed by atoms with E-state index >= 15 is 0 Å². The largest absolute Gasteiger partial charge is 0.488 e. The molecule has 0 aliphatic heterocycles. The van der Waals surface area contributed by atoms with Crippen molar-refractivity contribution in [2.24, 2.45) is 0 Å². The van der Waals surface area contributed by atoms with Gasteiger partial charge in [0.15, 0.2) is 0 Å². The summed E-state index contributed by atoms with van der Waals surface area (Å²) in [6.07, 6.45) is 0.787. The monoisotopic (exact) mass is 407 g/mol. The molecule has 0 radical (unpaired) electrons. The molecule has 0 bridgehead atoms. The quantitative estimate of drug-likeness (QED) is 0.491. The van der Waals surface area contributed by atoms with Crippen molar-refractivity contribution >= 4 is 17.5 Å². The lowest BCUT2D eigenvalue weighted by Gasteiger charge is -2.20. The fraction of sp³-hybridized carbons (Fsp3) is 0.240. The third-order valence-corrected chi connectivity index (χ3v) is 5.31. The first kappa shape index (κ1) is 20.9. The van der Waals surface area contributed by atoms with Gasteiger partial charge in [-0.25, -0.2) is 0 Å². The number of benzene rings is 3. The molecule has 0 aliphatic rings. The van der Waals surface area contributed by atoms with Gasteiger partial charge in [0.1, 0.15) is 12.4 Å². The van der Waals surface area contributed by atoms with Crippen LogP contribution >= 0.6 is 11.6 Å². The van der Waals surface area contributed by atoms with Crippen molar-refractivity contribution in [1.29, 1.82) is 0 Å². The Morgan fingerprint density at radius 1 is 1.00 bits per heavy atom. The molecular formula is C25H26ClNO2. The molecule has 0 saturated carbocycles. The Kier molecular flexibility index (Phi) is 6.95. The van der Waals surface area contributed by atoms with Crippen LogP contribution in [0.3, 0.4) is 0 Å². The van der Waals surface area contributed by atoms with Crippen molar-refractivity contribution in [2.45, 2.75) is 39.8 Å². The lowest BCUT2D eigenvalue weighted by Crippen LogP contribution is -2.28. The summed E-state index contributed by atoms with van der Waals surface area (Å²) in [5.74, 6) is 0.325. The van der Waals surface area contributed by atoms with Crippen LogP contribution in [0.5, 0.6) is 5.75 Å². The Hall–Kier alpha value is -2.78. The molecule has 1 amide bonds. The Morgan fingerprint density at radius 2 is 1.76 bits per heavy atom. The third-order valence-electron chi connectivity index (χ3n) is 5.07. The highest BCUT2D eigenvalue weighted by molar-refractivity contribution is 6.31. The number of hydrogen-bond acceptors (Lipinski definition) is 2. The van der Waals surface area contributed by atoms with Gasteiger partial charge in [0.05, 0.1) is 11.6 Å². The van der Waals surface area contributed by atoms with E-state index in [0.717, 1.165) is 17.5 Å². The highest BCUT2D eigenvalue weighted by Crippen LogP contribution is 2.26. The van der Waals surface area contributed by atoms with Crippen LogP contribution < -0.4 is 10.1 Å². The molecule has 0 saturated heterocycles. The van der Waals surface area contributed by atoms with E-state index in [9.17, 15) is 4.79 Å². The Balaban J connectivity index is 1.79. The second-order valence-corrected chi connectivity index (χ2v) is 7.63. The second kappa shape index (κ2) is 9.62. The number of halogens is 1. The Morgan fingerprint density at radius 3 is 2.45 bits per heavy atom. The zero-order valence-electron chi connectivity index (χ0n) is 17.0. The van der Waals surface area contributed by atoms with Crippen LogP contribution in [-0.4, -0.2) is 5.91 Å². The van der Waals surface area contributed by atoms with E-state index < -0.39 is 0 Å². The first-order valence-electron chi connectivity index (χ1n) is 9.82. The minimum atomic E-state index is -0.194. The van der Waals surface area contributed by atoms with Crippen molar-refractivity contribution < 1.29 is 9.53 Å². The van der Waals surface area contributed by atoms with E-state index in [1.54, 1.807) is 18.2 Å². The number of amides is 1. The molecule has 150 valence electrons. The topological polar surface area (TPSA) is 38.3 Å². The van der Waals surface area contributed by atoms with Crippen molar-refractivity contribution in [1.82, 2.24) is 5.32 Å². The lowest BCUT2D eigenvalue weighted by molar-refractivity contribution is 0.0931. The third kappa shape index (κ3) is 5.39. The summed E-state index contributed by atoms with van der Waals surface area (Å²) in [5, 5.41) is 3.64. The number of nitrogens with one attached hydrogen (secondary N) is 1. The molecule has 3 rings (SSSR count). The minimum Gasteiger partial charge on any atom is -0.488 e. The van der Waals surface area contributed by atoms with Crippen LogP contribution in [0.4, 0.5) is 0 Å². The Labute approximate surface area is 177 Å². The van der Waals surface area contributed by atoms with Gasteiger partial charge in [0.25, 0.3) is 5.91 Å². The maximum Gasteiger partial charge on any atom is 0.255 e. The second-order valence-electron chi connectivity index (χ2n) is 7.19. The van der Waals surface area contributed by atoms with Gasteiger partial charge in [-0.1, -0.05) is 67.1 Å². The number of hydrogen-bond donors (Lipinski definition) is 1. The van der Waals surface area contributed by atoms with Crippen LogP contribution in [-0.2, 0) is 6.61 Å². The lowest BCUT2D eigenvalue weighted by atomic mass is 9.99. The van der Waals surface area contributed by atoms with Crippen LogP contribution in [0.25, 0.3) is 0 Å². The molecule has 0 aromatic heterocycles. The smallest absolute Gasteiger partial charge is 0.255 e. The van der Waals surface area contributed by atoms with Crippen LogP contribution in [0.15, 0.2) is 66.7 Å². The van der Waals surface area contributed by atoms with Crippen LogP contribution in [0, 0.1) is 13.8 Å². The normalized spacial score (nSPS) is 11.7. The van der Waals surface area contributed by atoms with Crippen molar-refractivity contribution in [3.8, 4) is 5.75 Å². The van der Waals surface area contributed by atoms with Gasteiger partial charge in [-0.05, 0) is 60.7 Å². The minimum absolute atomic E-state index is 0.0808. The van der Waals surface area contributed by atoms with E-state index in [0.29, 0.717) is 22.9 Å². The average molecular weight is 408 g/mol. The number of ether oxygens (including phenoxy) is 1. The summed E-state index contributed by atoms with van der Waals surface area (Å²) in [7, 11) is 0. The maximum atomic E-state index is 13.1. The van der Waals surface area contributed by atoms with Crippen LogP contribution in [0.2, 0.25) is 5.02 Å². The highest BCUT2D eigenvalue weighted by Gasteiger charge is 2.18. The number of rotatable bonds is 7. The predicted octanol–water partition coefficient (Wildman–Crippen LogP) is 6.42. The SMILES string of the molecule is CC[C@H](NC(=O)c1cc(Cl)ccc1OCc1ccccc1)c1ccc(C)c(C)c1. The summed E-state index contributed by atoms with van der Waals surface area (Å²) < 4.78 is 5.94. The average Bonchev–Trinajstić information content (AvgIpc) is 2.73. The number of carbonyl (C=O) groups excluding carboxylic acids is 1. The van der Waals surface area contributed by atoms with E-state index in [2.05, 4.69) is 44.3 Å². The fourth-order valence-electron chi connectivity index (χ4n) is 3.18. The maximum absolute atomic E-state index is 13.1. The van der Waals surface area contributed by atoms with E-state index in [1.807, 2.05) is 30.3 Å². The first-order chi connectivity index (χ1) is 14.0. The van der Waals surface area contributed by atoms with Gasteiger partial charge in [0, 0.05) is 5.02 Å². The van der Waals surface area contributed by atoms with Crippen molar-refractivity contribution in [3.05, 3.63) is 99.6 Å². The zero-order chi connectivity index (χ0) is 20.8. The van der Waals surface area contributed by atoms with Gasteiger partial charge in [0.2, 0.25) is 0 Å². The number of aryl methyl sites for hydroxylation is 2. The highest BCUT2D eigenvalue weighted by atomic mass is 35.5. The van der Waals surface area contributed by atoms with Crippen LogP contribution in [0.1, 0.15) is 52.0 Å². The van der Waals surface area contributed by atoms with Gasteiger partial charge in [-0.15, -0.1) is 0 Å². The molecule has 29 heavy (non-hydrogen) atoms. The van der Waals surface area contributed by atoms with E-state index in [-0.39, 0.29) is 11.9 Å². The zero-order valence-corrected chi connectivity index (χ0v) is 17.8. The summed E-state index contributed by atoms with van der Waals surface area (Å²) in [5.41, 5.74) is 5.02. The van der Waals surface area contributed by atoms with Gasteiger partial charge in [-0.3, -0.25) is 4.79 Å². The molecule has 0 unspecified atom stereocenters. The summed E-state index contributed by atoms with van der Waals surface area (Å²) in [4.78, 5) is 13.1. The standard InChI is InChI=1S/C25H26ClNO2/c1-4-23(20-11-10-17(2)18(3)14-20)27-25(28)22-15-21(26)12-13-24(22)29-16-19-8-6-5-7-9-19/h5-15,23H,4,16H2,1-3H3,(H,27,28)/t23-/m0/s1. The molecule has 0 spiro atoms. The Bertz CT molecular complexity index is 985. The molecule has 4 heteroatoms. The predicted molar refractivity (Wildman–Crippen MR) is 119 cm³/mol. The summed E-state index contributed by atoms with van der Waals surface area (Å²) >= 11 is 6.17. The molecule has 0 fully saturated rings. The van der Waals surface area contributed by atoms with E-state index in [4.69, 9.17) is 16.3 Å². The van der Waals surface area contributed by atoms with Gasteiger partial charge >= 0.3 is 0 Å². The molecule has 1 atom stereocenters. The molecule has 0 heterocycles. The molecule has 3 nitrogen and oxygen atoms in total. The number of carbonyl (C=O) groups is 1. The summed E-state index contributed by atoms with van der Waals surface area (Å²) in [6.45, 7) is 6.61. The van der Waals surface area contributed by atoms with Gasteiger partial charge in [-0.2, -0.15) is 0 Å². The van der Waals surface area contributed by atoms with Crippen molar-refractivity contribution in [2.75, 3.05) is 0 Å². The fourth-order valence-corrected chi connectivity index (χ4v) is 3.35. The van der Waals surface area contributed by atoms with Gasteiger partial charge < -0.3 is 10.1 Å². The molecule has 3 aromatic rings.